The summed E-state index contributed by atoms with van der Waals surface area (Å²) >= 11 is 0. The van der Waals surface area contributed by atoms with Crippen molar-refractivity contribution in [2.45, 2.75) is 25.9 Å². The molecule has 1 unspecified atom stereocenters. The summed E-state index contributed by atoms with van der Waals surface area (Å²) < 4.78 is 0. The van der Waals surface area contributed by atoms with Crippen LogP contribution in [0.3, 0.4) is 0 Å². The average Bonchev–Trinajstić information content (AvgIpc) is 2.06. The Morgan fingerprint density at radius 3 is 2.62 bits per heavy atom. The Labute approximate surface area is 77.3 Å². The second kappa shape index (κ2) is 4.14. The van der Waals surface area contributed by atoms with E-state index in [0.29, 0.717) is 18.4 Å². The van der Waals surface area contributed by atoms with Crippen molar-refractivity contribution in [3.8, 4) is 11.5 Å². The van der Waals surface area contributed by atoms with Gasteiger partial charge < -0.3 is 15.3 Å². The van der Waals surface area contributed by atoms with Gasteiger partial charge in [-0.2, -0.15) is 0 Å². The Bertz CT molecular complexity index is 281. The molecule has 13 heavy (non-hydrogen) atoms. The first kappa shape index (κ1) is 9.86. The van der Waals surface area contributed by atoms with Crippen LogP contribution in [0, 0.1) is 0 Å². The number of hydrogen-bond donors (Lipinski definition) is 3. The summed E-state index contributed by atoms with van der Waals surface area (Å²) in [7, 11) is 0. The summed E-state index contributed by atoms with van der Waals surface area (Å²) in [6.07, 6.45) is 0.760. The van der Waals surface area contributed by atoms with Crippen LogP contribution in [0.1, 0.15) is 18.9 Å². The first-order valence-electron chi connectivity index (χ1n) is 4.28. The molecule has 0 heterocycles. The largest absolute Gasteiger partial charge is 0.508 e. The van der Waals surface area contributed by atoms with E-state index in [1.807, 2.05) is 0 Å². The van der Waals surface area contributed by atoms with Crippen molar-refractivity contribution in [3.05, 3.63) is 23.8 Å². The summed E-state index contributed by atoms with van der Waals surface area (Å²) in [6.45, 7) is 1.69. The van der Waals surface area contributed by atoms with Crippen LogP contribution in [0.15, 0.2) is 18.2 Å². The lowest BCUT2D eigenvalue weighted by Gasteiger charge is -2.06. The molecule has 1 aromatic rings. The third-order valence-electron chi connectivity index (χ3n) is 1.89. The van der Waals surface area contributed by atoms with Crippen LogP contribution in [0.4, 0.5) is 0 Å². The lowest BCUT2D eigenvalue weighted by molar-refractivity contribution is 0.184. The summed E-state index contributed by atoms with van der Waals surface area (Å²) in [4.78, 5) is 0. The summed E-state index contributed by atoms with van der Waals surface area (Å²) in [5.41, 5.74) is 0.668. The van der Waals surface area contributed by atoms with Gasteiger partial charge in [0.25, 0.3) is 0 Å². The summed E-state index contributed by atoms with van der Waals surface area (Å²) in [5.74, 6) is 0.303. The molecule has 0 saturated heterocycles. The molecule has 0 bridgehead atoms. The van der Waals surface area contributed by atoms with Gasteiger partial charge in [-0.15, -0.1) is 0 Å². The summed E-state index contributed by atoms with van der Waals surface area (Å²) in [5, 5.41) is 27.5. The fourth-order valence-corrected chi connectivity index (χ4v) is 1.14. The van der Waals surface area contributed by atoms with Gasteiger partial charge in [0.1, 0.15) is 11.5 Å². The number of aryl methyl sites for hydroxylation is 1. The van der Waals surface area contributed by atoms with Gasteiger partial charge >= 0.3 is 0 Å². The molecule has 0 spiro atoms. The Kier molecular flexibility index (Phi) is 3.14. The molecule has 0 amide bonds. The van der Waals surface area contributed by atoms with Crippen molar-refractivity contribution < 1.29 is 15.3 Å². The molecule has 3 heteroatoms. The third-order valence-corrected chi connectivity index (χ3v) is 1.89. The van der Waals surface area contributed by atoms with Gasteiger partial charge in [0.2, 0.25) is 0 Å². The van der Waals surface area contributed by atoms with E-state index in [-0.39, 0.29) is 17.6 Å². The lowest BCUT2D eigenvalue weighted by Crippen LogP contribution is -2.01. The maximum Gasteiger partial charge on any atom is 0.119 e. The maximum atomic E-state index is 9.36. The molecule has 0 aliphatic carbocycles. The molecule has 0 aromatic heterocycles. The topological polar surface area (TPSA) is 60.7 Å². The van der Waals surface area contributed by atoms with E-state index in [4.69, 9.17) is 10.2 Å². The first-order valence-corrected chi connectivity index (χ1v) is 4.28. The molecule has 1 aromatic carbocycles. The minimum Gasteiger partial charge on any atom is -0.508 e. The molecule has 1 atom stereocenters. The van der Waals surface area contributed by atoms with Crippen molar-refractivity contribution >= 4 is 0 Å². The van der Waals surface area contributed by atoms with Crippen LogP contribution in [0.2, 0.25) is 0 Å². The highest BCUT2D eigenvalue weighted by atomic mass is 16.3. The van der Waals surface area contributed by atoms with Crippen LogP contribution < -0.4 is 0 Å². The Balaban J connectivity index is 2.70. The molecule has 0 fully saturated rings. The van der Waals surface area contributed by atoms with Crippen molar-refractivity contribution in [2.24, 2.45) is 0 Å². The number of benzene rings is 1. The van der Waals surface area contributed by atoms with E-state index < -0.39 is 0 Å². The second-order valence-corrected chi connectivity index (χ2v) is 3.20. The van der Waals surface area contributed by atoms with Crippen molar-refractivity contribution in [1.82, 2.24) is 0 Å². The number of aliphatic hydroxyl groups excluding tert-OH is 1. The van der Waals surface area contributed by atoms with Crippen molar-refractivity contribution in [2.75, 3.05) is 0 Å². The average molecular weight is 182 g/mol. The molecule has 3 N–H and O–H groups in total. The molecule has 0 radical (unpaired) electrons. The van der Waals surface area contributed by atoms with E-state index in [1.165, 1.54) is 18.2 Å². The van der Waals surface area contributed by atoms with Gasteiger partial charge in [-0.05, 0) is 43.5 Å². The van der Waals surface area contributed by atoms with Gasteiger partial charge in [-0.25, -0.2) is 0 Å². The molecule has 1 rings (SSSR count). The molecule has 0 aliphatic heterocycles. The van der Waals surface area contributed by atoms with E-state index in [9.17, 15) is 5.11 Å². The third kappa shape index (κ3) is 2.95. The van der Waals surface area contributed by atoms with Crippen LogP contribution in [-0.4, -0.2) is 21.4 Å². The van der Waals surface area contributed by atoms with E-state index in [1.54, 1.807) is 6.92 Å². The Morgan fingerprint density at radius 1 is 1.31 bits per heavy atom. The summed E-state index contributed by atoms with van der Waals surface area (Å²) in [6, 6.07) is 4.39. The van der Waals surface area contributed by atoms with Crippen LogP contribution in [0.25, 0.3) is 0 Å². The highest BCUT2D eigenvalue weighted by Gasteiger charge is 2.03. The van der Waals surface area contributed by atoms with Gasteiger partial charge in [0.15, 0.2) is 0 Å². The van der Waals surface area contributed by atoms with E-state index >= 15 is 0 Å². The zero-order valence-electron chi connectivity index (χ0n) is 7.57. The monoisotopic (exact) mass is 182 g/mol. The predicted molar refractivity (Wildman–Crippen MR) is 49.8 cm³/mol. The zero-order valence-corrected chi connectivity index (χ0v) is 7.57. The molecule has 3 nitrogen and oxygen atoms in total. The Hall–Kier alpha value is -1.22. The number of phenols is 2. The first-order chi connectivity index (χ1) is 6.09. The SMILES string of the molecule is CC(O)CCc1cc(O)ccc1O. The second-order valence-electron chi connectivity index (χ2n) is 3.20. The Morgan fingerprint density at radius 2 is 2.00 bits per heavy atom. The predicted octanol–water partition coefficient (Wildman–Crippen LogP) is 1.41. The minimum atomic E-state index is -0.387. The van der Waals surface area contributed by atoms with E-state index in [0.717, 1.165) is 0 Å². The number of rotatable bonds is 3. The van der Waals surface area contributed by atoms with Gasteiger partial charge in [0.05, 0.1) is 6.10 Å². The number of aromatic hydroxyl groups is 2. The number of aliphatic hydroxyl groups is 1. The molecule has 72 valence electrons. The number of hydrogen-bond acceptors (Lipinski definition) is 3. The fraction of sp³-hybridized carbons (Fsp3) is 0.400. The minimum absolute atomic E-state index is 0.137. The van der Waals surface area contributed by atoms with Gasteiger partial charge in [-0.3, -0.25) is 0 Å². The van der Waals surface area contributed by atoms with Crippen molar-refractivity contribution in [1.29, 1.82) is 0 Å². The highest BCUT2D eigenvalue weighted by molar-refractivity contribution is 5.38. The maximum absolute atomic E-state index is 9.36. The van der Waals surface area contributed by atoms with Gasteiger partial charge in [0, 0.05) is 0 Å². The molecular weight excluding hydrogens is 168 g/mol. The molecule has 0 aliphatic rings. The zero-order chi connectivity index (χ0) is 9.84. The highest BCUT2D eigenvalue weighted by Crippen LogP contribution is 2.23. The van der Waals surface area contributed by atoms with Crippen molar-refractivity contribution in [3.63, 3.8) is 0 Å². The lowest BCUT2D eigenvalue weighted by atomic mass is 10.1. The van der Waals surface area contributed by atoms with Crippen LogP contribution >= 0.6 is 0 Å². The quantitative estimate of drug-likeness (QED) is 0.619. The standard InChI is InChI=1S/C10H14O3/c1-7(11)2-3-8-6-9(12)4-5-10(8)13/h4-7,11-13H,2-3H2,1H3. The molecular formula is C10H14O3. The normalized spacial score (nSPS) is 12.8. The van der Waals surface area contributed by atoms with Gasteiger partial charge in [-0.1, -0.05) is 0 Å². The van der Waals surface area contributed by atoms with E-state index in [2.05, 4.69) is 0 Å². The van der Waals surface area contributed by atoms with Crippen LogP contribution in [0.5, 0.6) is 11.5 Å². The number of phenolic OH excluding ortho intramolecular Hbond substituents is 2. The smallest absolute Gasteiger partial charge is 0.119 e. The fourth-order valence-electron chi connectivity index (χ4n) is 1.14. The molecule has 0 saturated carbocycles. The van der Waals surface area contributed by atoms with Crippen LogP contribution in [-0.2, 0) is 6.42 Å².